The van der Waals surface area contributed by atoms with Crippen LogP contribution < -0.4 is 4.90 Å². The minimum absolute atomic E-state index is 0.115. The van der Waals surface area contributed by atoms with Crippen LogP contribution in [-0.4, -0.2) is 55.8 Å². The van der Waals surface area contributed by atoms with E-state index in [0.717, 1.165) is 48.0 Å². The van der Waals surface area contributed by atoms with E-state index in [9.17, 15) is 4.79 Å². The Morgan fingerprint density at radius 2 is 1.80 bits per heavy atom. The number of anilines is 1. The van der Waals surface area contributed by atoms with E-state index in [-0.39, 0.29) is 5.91 Å². The van der Waals surface area contributed by atoms with Crippen LogP contribution >= 0.6 is 0 Å². The number of fused-ring (bicyclic) bond motifs is 1. The molecule has 5 nitrogen and oxygen atoms in total. The van der Waals surface area contributed by atoms with Crippen LogP contribution in [0.1, 0.15) is 28.8 Å². The third-order valence-electron chi connectivity index (χ3n) is 5.87. The summed E-state index contributed by atoms with van der Waals surface area (Å²) < 4.78 is 7.68. The normalized spacial score (nSPS) is 14.3. The zero-order valence-corrected chi connectivity index (χ0v) is 18.0. The van der Waals surface area contributed by atoms with Crippen LogP contribution in [0.4, 0.5) is 5.69 Å². The third-order valence-corrected chi connectivity index (χ3v) is 5.87. The molecular formula is C25H31N3O2. The lowest BCUT2D eigenvalue weighted by Gasteiger charge is -2.26. The Kier molecular flexibility index (Phi) is 6.38. The molecule has 2 aromatic carbocycles. The van der Waals surface area contributed by atoms with Crippen molar-refractivity contribution in [1.29, 1.82) is 0 Å². The number of rotatable bonds is 7. The highest BCUT2D eigenvalue weighted by Crippen LogP contribution is 2.28. The van der Waals surface area contributed by atoms with E-state index in [1.165, 1.54) is 5.56 Å². The number of amides is 1. The molecule has 1 aliphatic rings. The summed E-state index contributed by atoms with van der Waals surface area (Å²) in [6.07, 6.45) is 5.35. The van der Waals surface area contributed by atoms with Gasteiger partial charge in [0.15, 0.2) is 0 Å². The van der Waals surface area contributed by atoms with Crippen LogP contribution in [0.3, 0.4) is 0 Å². The van der Waals surface area contributed by atoms with Crippen molar-refractivity contribution in [3.63, 3.8) is 0 Å². The molecule has 4 rings (SSSR count). The Balaban J connectivity index is 1.55. The SMILES string of the molecule is CN(C)c1ccc2c(C(=O)N3CCOCC3)cn(CCCCc3ccccc3)c2c1. The number of nitrogens with zero attached hydrogens (tertiary/aromatic N) is 3. The number of aromatic nitrogens is 1. The Morgan fingerprint density at radius 1 is 1.03 bits per heavy atom. The maximum absolute atomic E-state index is 13.2. The van der Waals surface area contributed by atoms with Gasteiger partial charge in [-0.1, -0.05) is 30.3 Å². The molecule has 1 fully saturated rings. The first-order valence-electron chi connectivity index (χ1n) is 10.8. The van der Waals surface area contributed by atoms with E-state index in [0.29, 0.717) is 26.3 Å². The van der Waals surface area contributed by atoms with Crippen LogP contribution in [-0.2, 0) is 17.7 Å². The van der Waals surface area contributed by atoms with Gasteiger partial charge in [-0.15, -0.1) is 0 Å². The molecule has 2 heterocycles. The number of carbonyl (C=O) groups is 1. The first-order valence-corrected chi connectivity index (χ1v) is 10.8. The molecule has 0 bridgehead atoms. The molecule has 5 heteroatoms. The summed E-state index contributed by atoms with van der Waals surface area (Å²) in [6, 6.07) is 17.0. The van der Waals surface area contributed by atoms with E-state index >= 15 is 0 Å². The van der Waals surface area contributed by atoms with Gasteiger partial charge in [0.2, 0.25) is 0 Å². The van der Waals surface area contributed by atoms with E-state index < -0.39 is 0 Å². The number of hydrogen-bond donors (Lipinski definition) is 0. The summed E-state index contributed by atoms with van der Waals surface area (Å²) in [4.78, 5) is 17.2. The lowest BCUT2D eigenvalue weighted by atomic mass is 10.1. The van der Waals surface area contributed by atoms with Crippen LogP contribution in [0, 0.1) is 0 Å². The van der Waals surface area contributed by atoms with Gasteiger partial charge in [0.05, 0.1) is 24.3 Å². The molecule has 0 N–H and O–H groups in total. The van der Waals surface area contributed by atoms with E-state index in [4.69, 9.17) is 4.74 Å². The van der Waals surface area contributed by atoms with Crippen molar-refractivity contribution in [3.8, 4) is 0 Å². The summed E-state index contributed by atoms with van der Waals surface area (Å²) in [5.74, 6) is 0.115. The highest BCUT2D eigenvalue weighted by Gasteiger charge is 2.22. The molecule has 1 aliphatic heterocycles. The number of ether oxygens (including phenoxy) is 1. The lowest BCUT2D eigenvalue weighted by Crippen LogP contribution is -2.40. The quantitative estimate of drug-likeness (QED) is 0.553. The molecule has 3 aromatic rings. The van der Waals surface area contributed by atoms with Crippen LogP contribution in [0.5, 0.6) is 0 Å². The molecule has 0 aliphatic carbocycles. The predicted molar refractivity (Wildman–Crippen MR) is 122 cm³/mol. The molecule has 1 aromatic heterocycles. The van der Waals surface area contributed by atoms with Gasteiger partial charge in [-0.2, -0.15) is 0 Å². The molecule has 0 spiro atoms. The van der Waals surface area contributed by atoms with Gasteiger partial charge in [-0.3, -0.25) is 4.79 Å². The van der Waals surface area contributed by atoms with Crippen molar-refractivity contribution < 1.29 is 9.53 Å². The van der Waals surface area contributed by atoms with Crippen molar-refractivity contribution in [1.82, 2.24) is 9.47 Å². The van der Waals surface area contributed by atoms with Crippen LogP contribution in [0.15, 0.2) is 54.7 Å². The van der Waals surface area contributed by atoms with E-state index in [1.807, 2.05) is 19.0 Å². The molecular weight excluding hydrogens is 374 g/mol. The van der Waals surface area contributed by atoms with Gasteiger partial charge in [0, 0.05) is 51.0 Å². The number of aryl methyl sites for hydroxylation is 2. The van der Waals surface area contributed by atoms with Crippen molar-refractivity contribution >= 4 is 22.5 Å². The number of hydrogen-bond acceptors (Lipinski definition) is 3. The fourth-order valence-electron chi connectivity index (χ4n) is 4.11. The van der Waals surface area contributed by atoms with E-state index in [1.54, 1.807) is 0 Å². The Labute approximate surface area is 178 Å². The Morgan fingerprint density at radius 3 is 2.53 bits per heavy atom. The summed E-state index contributed by atoms with van der Waals surface area (Å²) in [5.41, 5.74) is 4.47. The average Bonchev–Trinajstić information content (AvgIpc) is 3.15. The first-order chi connectivity index (χ1) is 14.6. The third kappa shape index (κ3) is 4.51. The zero-order valence-electron chi connectivity index (χ0n) is 18.0. The second-order valence-electron chi connectivity index (χ2n) is 8.18. The lowest BCUT2D eigenvalue weighted by molar-refractivity contribution is 0.0304. The molecule has 0 atom stereocenters. The minimum Gasteiger partial charge on any atom is -0.378 e. The smallest absolute Gasteiger partial charge is 0.256 e. The number of carbonyl (C=O) groups excluding carboxylic acids is 1. The van der Waals surface area contributed by atoms with Gasteiger partial charge in [0.1, 0.15) is 0 Å². The summed E-state index contributed by atoms with van der Waals surface area (Å²) in [7, 11) is 4.10. The standard InChI is InChI=1S/C25H31N3O2/c1-26(2)21-11-12-22-23(25(29)27-14-16-30-17-15-27)19-28(24(22)18-21)13-7-6-10-20-8-4-3-5-9-20/h3-5,8-9,11-12,18-19H,6-7,10,13-17H2,1-2H3. The summed E-state index contributed by atoms with van der Waals surface area (Å²) >= 11 is 0. The minimum atomic E-state index is 0.115. The number of unbranched alkanes of at least 4 members (excludes halogenated alkanes) is 1. The summed E-state index contributed by atoms with van der Waals surface area (Å²) in [5, 5.41) is 1.04. The number of morpholine rings is 1. The largest absolute Gasteiger partial charge is 0.378 e. The topological polar surface area (TPSA) is 37.7 Å². The highest BCUT2D eigenvalue weighted by molar-refractivity contribution is 6.07. The van der Waals surface area contributed by atoms with E-state index in [2.05, 4.69) is 64.2 Å². The zero-order chi connectivity index (χ0) is 20.9. The molecule has 0 unspecified atom stereocenters. The monoisotopic (exact) mass is 405 g/mol. The van der Waals surface area contributed by atoms with Gasteiger partial charge in [-0.05, 0) is 43.0 Å². The molecule has 0 saturated carbocycles. The highest BCUT2D eigenvalue weighted by atomic mass is 16.5. The van der Waals surface area contributed by atoms with Gasteiger partial charge in [0.25, 0.3) is 5.91 Å². The Bertz CT molecular complexity index is 988. The molecule has 1 amide bonds. The van der Waals surface area contributed by atoms with Crippen molar-refractivity contribution in [2.45, 2.75) is 25.8 Å². The first kappa shape index (κ1) is 20.5. The fraction of sp³-hybridized carbons (Fsp3) is 0.400. The van der Waals surface area contributed by atoms with Crippen LogP contribution in [0.25, 0.3) is 10.9 Å². The van der Waals surface area contributed by atoms with Crippen molar-refractivity contribution in [3.05, 3.63) is 65.9 Å². The Hall–Kier alpha value is -2.79. The molecule has 158 valence electrons. The fourth-order valence-corrected chi connectivity index (χ4v) is 4.11. The van der Waals surface area contributed by atoms with Crippen molar-refractivity contribution in [2.75, 3.05) is 45.3 Å². The summed E-state index contributed by atoms with van der Waals surface area (Å²) in [6.45, 7) is 3.48. The molecule has 0 radical (unpaired) electrons. The molecule has 30 heavy (non-hydrogen) atoms. The second-order valence-corrected chi connectivity index (χ2v) is 8.18. The van der Waals surface area contributed by atoms with Gasteiger partial charge >= 0.3 is 0 Å². The molecule has 1 saturated heterocycles. The van der Waals surface area contributed by atoms with Gasteiger partial charge in [-0.25, -0.2) is 0 Å². The predicted octanol–water partition coefficient (Wildman–Crippen LogP) is 4.20. The van der Waals surface area contributed by atoms with Crippen molar-refractivity contribution in [2.24, 2.45) is 0 Å². The average molecular weight is 406 g/mol. The maximum atomic E-state index is 13.2. The number of benzene rings is 2. The maximum Gasteiger partial charge on any atom is 0.256 e. The second kappa shape index (κ2) is 9.35. The van der Waals surface area contributed by atoms with Crippen LogP contribution in [0.2, 0.25) is 0 Å². The van der Waals surface area contributed by atoms with Gasteiger partial charge < -0.3 is 19.1 Å².